The van der Waals surface area contributed by atoms with Crippen LogP contribution in [0.2, 0.25) is 0 Å². The Morgan fingerprint density at radius 2 is 1.36 bits per heavy atom. The van der Waals surface area contributed by atoms with Gasteiger partial charge in [-0.15, -0.1) is 0 Å². The van der Waals surface area contributed by atoms with Gasteiger partial charge in [-0.3, -0.25) is 4.79 Å². The second-order valence-electron chi connectivity index (χ2n) is 6.58. The molecule has 0 atom stereocenters. The number of benzene rings is 1. The first-order valence-corrected chi connectivity index (χ1v) is 10.4. The summed E-state index contributed by atoms with van der Waals surface area (Å²) < 4.78 is 19.5. The lowest BCUT2D eigenvalue weighted by Crippen LogP contribution is -2.26. The van der Waals surface area contributed by atoms with E-state index in [0.29, 0.717) is 19.4 Å². The first-order chi connectivity index (χ1) is 15.9. The van der Waals surface area contributed by atoms with Gasteiger partial charge in [-0.25, -0.2) is 14.4 Å². The number of nitrogens with one attached hydrogen (secondary N) is 2. The van der Waals surface area contributed by atoms with E-state index >= 15 is 0 Å². The Bertz CT molecular complexity index is 809. The smallest absolute Gasteiger partial charge is 0.407 e. The molecule has 10 heteroatoms. The molecule has 1 aromatic carbocycles. The molecule has 0 saturated carbocycles. The number of rotatable bonds is 16. The molecule has 0 fully saturated rings. The molecule has 0 aromatic heterocycles. The number of esters is 3. The van der Waals surface area contributed by atoms with Crippen LogP contribution in [0.3, 0.4) is 0 Å². The van der Waals surface area contributed by atoms with Crippen molar-refractivity contribution in [1.82, 2.24) is 10.6 Å². The number of amides is 1. The third-order valence-corrected chi connectivity index (χ3v) is 3.97. The van der Waals surface area contributed by atoms with Crippen molar-refractivity contribution in [3.05, 3.63) is 60.7 Å². The van der Waals surface area contributed by atoms with E-state index in [0.717, 1.165) is 23.3 Å². The van der Waals surface area contributed by atoms with Gasteiger partial charge in [0.1, 0.15) is 13.2 Å². The normalized spacial score (nSPS) is 9.94. The Hall–Kier alpha value is -3.66. The zero-order chi connectivity index (χ0) is 24.3. The summed E-state index contributed by atoms with van der Waals surface area (Å²) in [6.07, 6.45) is 2.68. The SMILES string of the molecule is C=CC(=O)OCCCCOC(=O)CNCc1cccc(CNC(=O)OCCOC(=O)C=C)c1. The number of ether oxygens (including phenoxy) is 4. The van der Waals surface area contributed by atoms with Gasteiger partial charge >= 0.3 is 24.0 Å². The van der Waals surface area contributed by atoms with Crippen LogP contribution in [0.15, 0.2) is 49.6 Å². The Morgan fingerprint density at radius 3 is 2.03 bits per heavy atom. The highest BCUT2D eigenvalue weighted by molar-refractivity contribution is 5.81. The monoisotopic (exact) mass is 462 g/mol. The van der Waals surface area contributed by atoms with Gasteiger partial charge in [0.25, 0.3) is 0 Å². The molecule has 0 unspecified atom stereocenters. The molecule has 1 amide bonds. The predicted molar refractivity (Wildman–Crippen MR) is 119 cm³/mol. The Kier molecular flexibility index (Phi) is 14.1. The number of carbonyl (C=O) groups excluding carboxylic acids is 4. The Morgan fingerprint density at radius 1 is 0.788 bits per heavy atom. The van der Waals surface area contributed by atoms with E-state index < -0.39 is 18.0 Å². The lowest BCUT2D eigenvalue weighted by molar-refractivity contribution is -0.143. The summed E-state index contributed by atoms with van der Waals surface area (Å²) >= 11 is 0. The molecule has 0 saturated heterocycles. The van der Waals surface area contributed by atoms with Crippen molar-refractivity contribution in [1.29, 1.82) is 0 Å². The third kappa shape index (κ3) is 14.1. The predicted octanol–water partition coefficient (Wildman–Crippen LogP) is 1.78. The van der Waals surface area contributed by atoms with Crippen LogP contribution in [0.5, 0.6) is 0 Å². The molecule has 0 spiro atoms. The second kappa shape index (κ2) is 17.0. The van der Waals surface area contributed by atoms with Crippen LogP contribution in [-0.4, -0.2) is 57.0 Å². The van der Waals surface area contributed by atoms with Gasteiger partial charge in [0.05, 0.1) is 19.8 Å². The van der Waals surface area contributed by atoms with Crippen LogP contribution in [-0.2, 0) is 46.4 Å². The highest BCUT2D eigenvalue weighted by atomic mass is 16.6. The van der Waals surface area contributed by atoms with Crippen LogP contribution >= 0.6 is 0 Å². The Labute approximate surface area is 192 Å². The van der Waals surface area contributed by atoms with Crippen molar-refractivity contribution >= 4 is 24.0 Å². The molecule has 33 heavy (non-hydrogen) atoms. The fraction of sp³-hybridized carbons (Fsp3) is 0.391. The van der Waals surface area contributed by atoms with Crippen molar-refractivity contribution in [2.24, 2.45) is 0 Å². The van der Waals surface area contributed by atoms with E-state index in [-0.39, 0.29) is 45.5 Å². The van der Waals surface area contributed by atoms with Crippen LogP contribution < -0.4 is 10.6 Å². The summed E-state index contributed by atoms with van der Waals surface area (Å²) in [5.74, 6) is -1.43. The lowest BCUT2D eigenvalue weighted by Gasteiger charge is -2.09. The molecule has 0 heterocycles. The molecule has 0 aliphatic heterocycles. The summed E-state index contributed by atoms with van der Waals surface area (Å²) in [6.45, 7) is 7.71. The molecule has 0 aliphatic carbocycles. The van der Waals surface area contributed by atoms with Gasteiger partial charge in [0, 0.05) is 25.2 Å². The van der Waals surface area contributed by atoms with Gasteiger partial charge in [-0.2, -0.15) is 0 Å². The fourth-order valence-electron chi connectivity index (χ4n) is 2.39. The lowest BCUT2D eigenvalue weighted by atomic mass is 10.1. The van der Waals surface area contributed by atoms with E-state index in [2.05, 4.69) is 23.8 Å². The zero-order valence-electron chi connectivity index (χ0n) is 18.5. The average molecular weight is 462 g/mol. The molecule has 180 valence electrons. The van der Waals surface area contributed by atoms with E-state index in [9.17, 15) is 19.2 Å². The van der Waals surface area contributed by atoms with Gasteiger partial charge < -0.3 is 29.6 Å². The van der Waals surface area contributed by atoms with Crippen molar-refractivity contribution < 1.29 is 38.1 Å². The van der Waals surface area contributed by atoms with E-state index in [1.807, 2.05) is 24.3 Å². The first kappa shape index (κ1) is 27.4. The number of unbranched alkanes of at least 4 members (excludes halogenated alkanes) is 1. The molecule has 1 aromatic rings. The quantitative estimate of drug-likeness (QED) is 0.163. The van der Waals surface area contributed by atoms with Crippen LogP contribution in [0, 0.1) is 0 Å². The molecule has 10 nitrogen and oxygen atoms in total. The third-order valence-electron chi connectivity index (χ3n) is 3.97. The molecule has 0 aliphatic rings. The molecular weight excluding hydrogens is 432 g/mol. The summed E-state index contributed by atoms with van der Waals surface area (Å²) in [7, 11) is 0. The van der Waals surface area contributed by atoms with Crippen LogP contribution in [0.4, 0.5) is 4.79 Å². The fourth-order valence-corrected chi connectivity index (χ4v) is 2.39. The first-order valence-electron chi connectivity index (χ1n) is 10.4. The summed E-state index contributed by atoms with van der Waals surface area (Å²) in [5, 5.41) is 5.60. The largest absolute Gasteiger partial charge is 0.465 e. The summed E-state index contributed by atoms with van der Waals surface area (Å²) in [6, 6.07) is 7.45. The van der Waals surface area contributed by atoms with Crippen molar-refractivity contribution in [2.45, 2.75) is 25.9 Å². The van der Waals surface area contributed by atoms with Gasteiger partial charge in [-0.05, 0) is 24.0 Å². The van der Waals surface area contributed by atoms with Crippen molar-refractivity contribution in [2.75, 3.05) is 33.0 Å². The van der Waals surface area contributed by atoms with E-state index in [4.69, 9.17) is 18.9 Å². The highest BCUT2D eigenvalue weighted by Crippen LogP contribution is 2.05. The standard InChI is InChI=1S/C23H30N2O8/c1-3-20(26)30-10-5-6-11-31-22(28)17-24-15-18-8-7-9-19(14-18)16-25-23(29)33-13-12-32-21(27)4-2/h3-4,7-9,14,24H,1-2,5-6,10-13,15-17H2,(H,25,29). The molecular formula is C23H30N2O8. The maximum Gasteiger partial charge on any atom is 0.407 e. The maximum absolute atomic E-state index is 11.8. The van der Waals surface area contributed by atoms with Crippen molar-refractivity contribution in [3.8, 4) is 0 Å². The number of hydrogen-bond acceptors (Lipinski definition) is 9. The van der Waals surface area contributed by atoms with Crippen LogP contribution in [0.25, 0.3) is 0 Å². The number of hydrogen-bond donors (Lipinski definition) is 2. The minimum Gasteiger partial charge on any atom is -0.465 e. The maximum atomic E-state index is 11.8. The minimum atomic E-state index is -0.630. The van der Waals surface area contributed by atoms with Crippen LogP contribution in [0.1, 0.15) is 24.0 Å². The van der Waals surface area contributed by atoms with E-state index in [1.54, 1.807) is 0 Å². The number of carbonyl (C=O) groups is 4. The molecule has 0 radical (unpaired) electrons. The van der Waals surface area contributed by atoms with Crippen molar-refractivity contribution in [3.63, 3.8) is 0 Å². The molecule has 0 bridgehead atoms. The highest BCUT2D eigenvalue weighted by Gasteiger charge is 2.05. The second-order valence-corrected chi connectivity index (χ2v) is 6.58. The Balaban J connectivity index is 2.17. The average Bonchev–Trinajstić information content (AvgIpc) is 2.82. The van der Waals surface area contributed by atoms with Gasteiger partial charge in [0.2, 0.25) is 0 Å². The molecule has 2 N–H and O–H groups in total. The van der Waals surface area contributed by atoms with E-state index in [1.165, 1.54) is 0 Å². The molecule has 1 rings (SSSR count). The number of alkyl carbamates (subject to hydrolysis) is 1. The summed E-state index contributed by atoms with van der Waals surface area (Å²) in [5.41, 5.74) is 1.78. The summed E-state index contributed by atoms with van der Waals surface area (Å²) in [4.78, 5) is 45.2. The topological polar surface area (TPSA) is 129 Å². The van der Waals surface area contributed by atoms with Gasteiger partial charge in [0.15, 0.2) is 0 Å². The zero-order valence-corrected chi connectivity index (χ0v) is 18.5. The van der Waals surface area contributed by atoms with Gasteiger partial charge in [-0.1, -0.05) is 37.4 Å². The minimum absolute atomic E-state index is 0.0486.